The molecule has 0 spiro atoms. The summed E-state index contributed by atoms with van der Waals surface area (Å²) in [7, 11) is 1.69. The standard InChI is InChI=1S/C23H28N4O2/c1-18-24-21-8-3-4-9-22(21)27(18)11-10-23(28)26-14-12-25(13-15-26)17-19-6-5-7-20(16-19)29-2/h3-9,16H,10-15,17H2,1-2H3. The number of nitrogens with zero attached hydrogens (tertiary/aromatic N) is 4. The molecule has 0 N–H and O–H groups in total. The van der Waals surface area contributed by atoms with Crippen LogP contribution in [0.4, 0.5) is 0 Å². The number of aromatic nitrogens is 2. The maximum absolute atomic E-state index is 12.7. The Hall–Kier alpha value is -2.86. The molecule has 1 aromatic heterocycles. The molecular weight excluding hydrogens is 364 g/mol. The lowest BCUT2D eigenvalue weighted by Gasteiger charge is -2.35. The van der Waals surface area contributed by atoms with Gasteiger partial charge < -0.3 is 14.2 Å². The lowest BCUT2D eigenvalue weighted by atomic mass is 10.2. The number of hydrogen-bond donors (Lipinski definition) is 0. The summed E-state index contributed by atoms with van der Waals surface area (Å²) in [5.74, 6) is 2.07. The van der Waals surface area contributed by atoms with Crippen molar-refractivity contribution in [3.8, 4) is 5.75 Å². The second-order valence-electron chi connectivity index (χ2n) is 7.56. The van der Waals surface area contributed by atoms with E-state index in [1.54, 1.807) is 7.11 Å². The molecule has 6 nitrogen and oxygen atoms in total. The van der Waals surface area contributed by atoms with Gasteiger partial charge in [0.15, 0.2) is 0 Å². The maximum Gasteiger partial charge on any atom is 0.224 e. The van der Waals surface area contributed by atoms with Crippen molar-refractivity contribution in [3.05, 3.63) is 59.9 Å². The van der Waals surface area contributed by atoms with Crippen molar-refractivity contribution in [1.29, 1.82) is 0 Å². The molecule has 0 aliphatic carbocycles. The number of hydrogen-bond acceptors (Lipinski definition) is 4. The van der Waals surface area contributed by atoms with E-state index in [1.807, 2.05) is 42.2 Å². The Bertz CT molecular complexity index is 989. The van der Waals surface area contributed by atoms with E-state index in [-0.39, 0.29) is 5.91 Å². The molecule has 0 unspecified atom stereocenters. The fraction of sp³-hybridized carbons (Fsp3) is 0.391. The van der Waals surface area contributed by atoms with E-state index in [2.05, 4.69) is 32.7 Å². The number of aryl methyl sites for hydroxylation is 2. The number of carbonyl (C=O) groups excluding carboxylic acids is 1. The third kappa shape index (κ3) is 4.43. The summed E-state index contributed by atoms with van der Waals surface area (Å²) in [6.45, 7) is 6.93. The van der Waals surface area contributed by atoms with Crippen LogP contribution < -0.4 is 4.74 Å². The molecule has 1 amide bonds. The number of benzene rings is 2. The Kier molecular flexibility index (Phi) is 5.81. The van der Waals surface area contributed by atoms with Crippen molar-refractivity contribution in [2.75, 3.05) is 33.3 Å². The molecule has 1 aliphatic heterocycles. The van der Waals surface area contributed by atoms with Gasteiger partial charge in [-0.15, -0.1) is 0 Å². The number of ether oxygens (including phenoxy) is 1. The topological polar surface area (TPSA) is 50.6 Å². The molecule has 6 heteroatoms. The highest BCUT2D eigenvalue weighted by atomic mass is 16.5. The van der Waals surface area contributed by atoms with Gasteiger partial charge in [0, 0.05) is 45.7 Å². The number of fused-ring (bicyclic) bond motifs is 1. The van der Waals surface area contributed by atoms with Crippen LogP contribution in [0.3, 0.4) is 0 Å². The molecule has 152 valence electrons. The smallest absolute Gasteiger partial charge is 0.224 e. The van der Waals surface area contributed by atoms with E-state index in [0.29, 0.717) is 13.0 Å². The SMILES string of the molecule is COc1cccc(CN2CCN(C(=O)CCn3c(C)nc4ccccc43)CC2)c1. The van der Waals surface area contributed by atoms with Crippen molar-refractivity contribution in [1.82, 2.24) is 19.4 Å². The van der Waals surface area contributed by atoms with Crippen LogP contribution in [0.5, 0.6) is 5.75 Å². The summed E-state index contributed by atoms with van der Waals surface area (Å²) >= 11 is 0. The zero-order valence-electron chi connectivity index (χ0n) is 17.2. The van der Waals surface area contributed by atoms with Gasteiger partial charge in [0.05, 0.1) is 18.1 Å². The number of para-hydroxylation sites is 2. The van der Waals surface area contributed by atoms with Crippen LogP contribution in [0, 0.1) is 6.92 Å². The van der Waals surface area contributed by atoms with E-state index in [9.17, 15) is 4.79 Å². The van der Waals surface area contributed by atoms with Crippen LogP contribution in [0.15, 0.2) is 48.5 Å². The highest BCUT2D eigenvalue weighted by Crippen LogP contribution is 2.17. The molecule has 0 radical (unpaired) electrons. The van der Waals surface area contributed by atoms with Gasteiger partial charge in [-0.25, -0.2) is 4.98 Å². The van der Waals surface area contributed by atoms with E-state index >= 15 is 0 Å². The molecule has 0 atom stereocenters. The quantitative estimate of drug-likeness (QED) is 0.647. The highest BCUT2D eigenvalue weighted by molar-refractivity contribution is 5.78. The van der Waals surface area contributed by atoms with Crippen LogP contribution in [0.25, 0.3) is 11.0 Å². The summed E-state index contributed by atoms with van der Waals surface area (Å²) in [5, 5.41) is 0. The summed E-state index contributed by atoms with van der Waals surface area (Å²) in [4.78, 5) is 21.7. The molecule has 3 aromatic rings. The fourth-order valence-electron chi connectivity index (χ4n) is 4.03. The van der Waals surface area contributed by atoms with Crippen LogP contribution in [-0.4, -0.2) is 58.5 Å². The fourth-order valence-corrected chi connectivity index (χ4v) is 4.03. The van der Waals surface area contributed by atoms with Gasteiger partial charge in [-0.05, 0) is 36.8 Å². The highest BCUT2D eigenvalue weighted by Gasteiger charge is 2.21. The molecule has 2 heterocycles. The van der Waals surface area contributed by atoms with Gasteiger partial charge in [-0.3, -0.25) is 9.69 Å². The monoisotopic (exact) mass is 392 g/mol. The molecular formula is C23H28N4O2. The van der Waals surface area contributed by atoms with Crippen molar-refractivity contribution < 1.29 is 9.53 Å². The van der Waals surface area contributed by atoms with Crippen LogP contribution in [0.1, 0.15) is 17.8 Å². The predicted molar refractivity (Wildman–Crippen MR) is 114 cm³/mol. The van der Waals surface area contributed by atoms with Crippen molar-refractivity contribution in [2.45, 2.75) is 26.4 Å². The van der Waals surface area contributed by atoms with Gasteiger partial charge in [0.2, 0.25) is 5.91 Å². The Balaban J connectivity index is 1.29. The summed E-state index contributed by atoms with van der Waals surface area (Å²) < 4.78 is 7.45. The van der Waals surface area contributed by atoms with Gasteiger partial charge in [-0.2, -0.15) is 0 Å². The van der Waals surface area contributed by atoms with Gasteiger partial charge >= 0.3 is 0 Å². The molecule has 0 saturated carbocycles. The average Bonchev–Trinajstić information content (AvgIpc) is 3.07. The van der Waals surface area contributed by atoms with Crippen molar-refractivity contribution in [2.24, 2.45) is 0 Å². The number of amides is 1. The molecule has 29 heavy (non-hydrogen) atoms. The zero-order chi connectivity index (χ0) is 20.2. The normalized spacial score (nSPS) is 15.0. The molecule has 1 saturated heterocycles. The number of methoxy groups -OCH3 is 1. The number of imidazole rings is 1. The minimum Gasteiger partial charge on any atom is -0.497 e. The third-order valence-corrected chi connectivity index (χ3v) is 5.66. The zero-order valence-corrected chi connectivity index (χ0v) is 17.2. The molecule has 0 bridgehead atoms. The van der Waals surface area contributed by atoms with Crippen LogP contribution >= 0.6 is 0 Å². The first-order valence-corrected chi connectivity index (χ1v) is 10.2. The largest absolute Gasteiger partial charge is 0.497 e. The van der Waals surface area contributed by atoms with Crippen LogP contribution in [-0.2, 0) is 17.9 Å². The molecule has 1 fully saturated rings. The van der Waals surface area contributed by atoms with Crippen molar-refractivity contribution in [3.63, 3.8) is 0 Å². The maximum atomic E-state index is 12.7. The lowest BCUT2D eigenvalue weighted by Crippen LogP contribution is -2.48. The Morgan fingerprint density at radius 3 is 2.66 bits per heavy atom. The van der Waals surface area contributed by atoms with Gasteiger partial charge in [-0.1, -0.05) is 24.3 Å². The second-order valence-corrected chi connectivity index (χ2v) is 7.56. The summed E-state index contributed by atoms with van der Waals surface area (Å²) in [5.41, 5.74) is 3.33. The first-order valence-electron chi connectivity index (χ1n) is 10.2. The molecule has 2 aromatic carbocycles. The Morgan fingerprint density at radius 1 is 1.07 bits per heavy atom. The first-order chi connectivity index (χ1) is 14.1. The lowest BCUT2D eigenvalue weighted by molar-refractivity contribution is -0.133. The number of carbonyl (C=O) groups is 1. The summed E-state index contributed by atoms with van der Waals surface area (Å²) in [6, 6.07) is 16.3. The summed E-state index contributed by atoms with van der Waals surface area (Å²) in [6.07, 6.45) is 0.511. The van der Waals surface area contributed by atoms with Gasteiger partial charge in [0.1, 0.15) is 11.6 Å². The second kappa shape index (κ2) is 8.66. The van der Waals surface area contributed by atoms with Gasteiger partial charge in [0.25, 0.3) is 0 Å². The number of rotatable bonds is 6. The van der Waals surface area contributed by atoms with E-state index in [4.69, 9.17) is 4.74 Å². The Labute approximate surface area is 171 Å². The molecule has 1 aliphatic rings. The van der Waals surface area contributed by atoms with E-state index < -0.39 is 0 Å². The van der Waals surface area contributed by atoms with E-state index in [1.165, 1.54) is 5.56 Å². The number of piperazine rings is 1. The average molecular weight is 393 g/mol. The Morgan fingerprint density at radius 2 is 1.86 bits per heavy atom. The van der Waals surface area contributed by atoms with Crippen molar-refractivity contribution >= 4 is 16.9 Å². The molecule has 4 rings (SSSR count). The van der Waals surface area contributed by atoms with E-state index in [0.717, 1.165) is 55.3 Å². The predicted octanol–water partition coefficient (Wildman–Crippen LogP) is 3.09. The minimum absolute atomic E-state index is 0.225. The minimum atomic E-state index is 0.225. The van der Waals surface area contributed by atoms with Crippen LogP contribution in [0.2, 0.25) is 0 Å². The first kappa shape index (κ1) is 19.5. The third-order valence-electron chi connectivity index (χ3n) is 5.66.